The molecule has 4 rings (SSSR count). The predicted molar refractivity (Wildman–Crippen MR) is 106 cm³/mol. The van der Waals surface area contributed by atoms with E-state index in [1.165, 1.54) is 0 Å². The van der Waals surface area contributed by atoms with E-state index in [0.29, 0.717) is 5.88 Å². The molecule has 3 heterocycles. The second-order valence-corrected chi connectivity index (χ2v) is 7.16. The number of carbonyl (C=O) groups is 1. The van der Waals surface area contributed by atoms with Crippen LogP contribution in [0.2, 0.25) is 0 Å². The number of rotatable bonds is 3. The first-order valence-electron chi connectivity index (χ1n) is 9.21. The van der Waals surface area contributed by atoms with Gasteiger partial charge in [0.2, 0.25) is 5.88 Å². The summed E-state index contributed by atoms with van der Waals surface area (Å²) in [4.78, 5) is 16.6. The topological polar surface area (TPSA) is 66.5 Å². The zero-order valence-electron chi connectivity index (χ0n) is 16.1. The van der Waals surface area contributed by atoms with Crippen molar-refractivity contribution in [2.75, 3.05) is 18.9 Å². The molecule has 27 heavy (non-hydrogen) atoms. The van der Waals surface area contributed by atoms with Crippen molar-refractivity contribution in [3.63, 3.8) is 0 Å². The number of fused-ring (bicyclic) bond motifs is 1. The molecule has 0 fully saturated rings. The van der Waals surface area contributed by atoms with Gasteiger partial charge in [-0.1, -0.05) is 6.07 Å². The molecule has 1 aromatic heterocycles. The summed E-state index contributed by atoms with van der Waals surface area (Å²) < 4.78 is 6.08. The fourth-order valence-electron chi connectivity index (χ4n) is 3.80. The third-order valence-corrected chi connectivity index (χ3v) is 5.43. The highest BCUT2D eigenvalue weighted by Gasteiger charge is 2.28. The molecule has 0 saturated heterocycles. The van der Waals surface area contributed by atoms with E-state index in [1.54, 1.807) is 6.20 Å². The van der Waals surface area contributed by atoms with Gasteiger partial charge in [0.05, 0.1) is 6.04 Å². The summed E-state index contributed by atoms with van der Waals surface area (Å²) in [7, 11) is 1.89. The Morgan fingerprint density at radius 2 is 2.07 bits per heavy atom. The van der Waals surface area contributed by atoms with Crippen LogP contribution in [-0.2, 0) is 11.2 Å². The minimum Gasteiger partial charge on any atom is -0.439 e. The Hall–Kier alpha value is -2.86. The fourth-order valence-corrected chi connectivity index (χ4v) is 3.80. The maximum absolute atomic E-state index is 12.2. The lowest BCUT2D eigenvalue weighted by molar-refractivity contribution is -0.122. The van der Waals surface area contributed by atoms with Crippen LogP contribution in [0.5, 0.6) is 11.6 Å². The largest absolute Gasteiger partial charge is 0.439 e. The Morgan fingerprint density at radius 1 is 1.26 bits per heavy atom. The van der Waals surface area contributed by atoms with E-state index in [4.69, 9.17) is 4.74 Å². The second kappa shape index (κ2) is 6.70. The first-order valence-corrected chi connectivity index (χ1v) is 9.21. The smallest absolute Gasteiger partial charge is 0.261 e. The average molecular weight is 364 g/mol. The molecule has 140 valence electrons. The van der Waals surface area contributed by atoms with Crippen LogP contribution in [0.4, 0.5) is 5.69 Å². The van der Waals surface area contributed by atoms with Crippen molar-refractivity contribution in [3.05, 3.63) is 52.7 Å². The molecule has 6 heteroatoms. The van der Waals surface area contributed by atoms with E-state index in [9.17, 15) is 4.79 Å². The number of nitrogens with zero attached hydrogens (tertiary/aromatic N) is 2. The van der Waals surface area contributed by atoms with Crippen LogP contribution in [-0.4, -0.2) is 35.5 Å². The number of carbonyl (C=O) groups excluding carboxylic acids is 1. The van der Waals surface area contributed by atoms with Gasteiger partial charge in [0.1, 0.15) is 5.75 Å². The maximum atomic E-state index is 12.2. The molecule has 0 bridgehead atoms. The van der Waals surface area contributed by atoms with Gasteiger partial charge >= 0.3 is 0 Å². The van der Waals surface area contributed by atoms with Crippen molar-refractivity contribution in [2.45, 2.75) is 33.2 Å². The highest BCUT2D eigenvalue weighted by molar-refractivity contribution is 6.03. The van der Waals surface area contributed by atoms with Crippen molar-refractivity contribution in [3.8, 4) is 11.6 Å². The van der Waals surface area contributed by atoms with Crippen LogP contribution < -0.4 is 15.5 Å². The maximum Gasteiger partial charge on any atom is 0.261 e. The Kier molecular flexibility index (Phi) is 4.36. The summed E-state index contributed by atoms with van der Waals surface area (Å²) in [6.07, 6.45) is 2.68. The van der Waals surface area contributed by atoms with Crippen molar-refractivity contribution in [2.24, 2.45) is 0 Å². The molecule has 2 aromatic rings. The minimum absolute atomic E-state index is 0.0538. The van der Waals surface area contributed by atoms with Crippen molar-refractivity contribution < 1.29 is 9.53 Å². The molecule has 6 nitrogen and oxygen atoms in total. The van der Waals surface area contributed by atoms with Gasteiger partial charge in [-0.15, -0.1) is 0 Å². The fraction of sp³-hybridized carbons (Fsp3) is 0.333. The number of hydrogen-bond acceptors (Lipinski definition) is 5. The lowest BCUT2D eigenvalue weighted by Gasteiger charge is -2.34. The van der Waals surface area contributed by atoms with Crippen LogP contribution in [0.25, 0.3) is 5.57 Å². The third-order valence-electron chi connectivity index (χ3n) is 5.43. The van der Waals surface area contributed by atoms with E-state index in [-0.39, 0.29) is 11.9 Å². The molecule has 1 unspecified atom stereocenters. The zero-order chi connectivity index (χ0) is 19.1. The summed E-state index contributed by atoms with van der Waals surface area (Å²) in [5.41, 5.74) is 9.03. The molecule has 1 aromatic carbocycles. The number of anilines is 1. The summed E-state index contributed by atoms with van der Waals surface area (Å²) in [6.45, 7) is 6.93. The standard InChI is InChI=1S/C21H24N4O2/c1-12-11-15(27-21-17-7-9-22-18(17)8-10-23-21)5-6-16(12)19-13(2)20(26)24-25(4)14(19)3/h5-6,8,10-11,14,22H,7,9H2,1-4H3,(H,24,26). The molecule has 2 N–H and O–H groups in total. The molecule has 2 aliphatic rings. The lowest BCUT2D eigenvalue weighted by atomic mass is 9.90. The van der Waals surface area contributed by atoms with Crippen LogP contribution in [0.1, 0.15) is 30.5 Å². The van der Waals surface area contributed by atoms with Gasteiger partial charge in [0.25, 0.3) is 5.91 Å². The number of aryl methyl sites for hydroxylation is 1. The molecule has 0 spiro atoms. The summed E-state index contributed by atoms with van der Waals surface area (Å²) in [5.74, 6) is 1.36. The highest BCUT2D eigenvalue weighted by atomic mass is 16.5. The second-order valence-electron chi connectivity index (χ2n) is 7.16. The minimum atomic E-state index is -0.0538. The van der Waals surface area contributed by atoms with E-state index in [1.807, 2.05) is 50.2 Å². The number of hydrogen-bond donors (Lipinski definition) is 2. The van der Waals surface area contributed by atoms with Crippen LogP contribution in [0.3, 0.4) is 0 Å². The van der Waals surface area contributed by atoms with Crippen molar-refractivity contribution in [1.29, 1.82) is 0 Å². The highest BCUT2D eigenvalue weighted by Crippen LogP contribution is 2.35. The van der Waals surface area contributed by atoms with Gasteiger partial charge in [-0.3, -0.25) is 10.2 Å². The summed E-state index contributed by atoms with van der Waals surface area (Å²) in [6, 6.07) is 8.07. The van der Waals surface area contributed by atoms with E-state index in [2.05, 4.69) is 22.7 Å². The average Bonchev–Trinajstić information content (AvgIpc) is 3.12. The van der Waals surface area contributed by atoms with Crippen molar-refractivity contribution >= 4 is 17.2 Å². The normalized spacial score (nSPS) is 19.6. The Balaban J connectivity index is 1.67. The number of pyridine rings is 1. The number of amides is 1. The Bertz CT molecular complexity index is 951. The van der Waals surface area contributed by atoms with Crippen LogP contribution in [0, 0.1) is 6.92 Å². The zero-order valence-corrected chi connectivity index (χ0v) is 16.1. The predicted octanol–water partition coefficient (Wildman–Crippen LogP) is 3.29. The van der Waals surface area contributed by atoms with Gasteiger partial charge in [-0.05, 0) is 62.1 Å². The van der Waals surface area contributed by atoms with E-state index in [0.717, 1.165) is 52.2 Å². The first kappa shape index (κ1) is 17.5. The monoisotopic (exact) mass is 364 g/mol. The Labute approximate surface area is 159 Å². The molecular formula is C21H24N4O2. The molecule has 2 aliphatic heterocycles. The quantitative estimate of drug-likeness (QED) is 0.875. The molecule has 0 saturated carbocycles. The number of aromatic nitrogens is 1. The molecular weight excluding hydrogens is 340 g/mol. The van der Waals surface area contributed by atoms with Crippen molar-refractivity contribution in [1.82, 2.24) is 15.4 Å². The number of ether oxygens (including phenoxy) is 1. The molecule has 1 atom stereocenters. The van der Waals surface area contributed by atoms with E-state index >= 15 is 0 Å². The summed E-state index contributed by atoms with van der Waals surface area (Å²) >= 11 is 0. The van der Waals surface area contributed by atoms with Gasteiger partial charge < -0.3 is 10.1 Å². The van der Waals surface area contributed by atoms with Gasteiger partial charge in [0, 0.05) is 36.6 Å². The van der Waals surface area contributed by atoms with Crippen LogP contribution >= 0.6 is 0 Å². The molecule has 0 radical (unpaired) electrons. The van der Waals surface area contributed by atoms with Gasteiger partial charge in [0.15, 0.2) is 0 Å². The lowest BCUT2D eigenvalue weighted by Crippen LogP contribution is -2.49. The van der Waals surface area contributed by atoms with E-state index < -0.39 is 0 Å². The molecule has 0 aliphatic carbocycles. The number of nitrogens with one attached hydrogen (secondary N) is 2. The number of hydrazine groups is 1. The SMILES string of the molecule is CC1=C(c2ccc(Oc3nccc4c3CCN4)cc2C)C(C)N(C)NC1=O. The number of benzene rings is 1. The Morgan fingerprint density at radius 3 is 2.85 bits per heavy atom. The first-order chi connectivity index (χ1) is 13.0. The third kappa shape index (κ3) is 3.06. The van der Waals surface area contributed by atoms with Gasteiger partial charge in [-0.2, -0.15) is 0 Å². The molecule has 1 amide bonds. The van der Waals surface area contributed by atoms with Gasteiger partial charge in [-0.25, -0.2) is 9.99 Å². The number of likely N-dealkylation sites (N-methyl/N-ethyl adjacent to an activating group) is 1. The van der Waals surface area contributed by atoms with Crippen LogP contribution in [0.15, 0.2) is 36.0 Å². The summed E-state index contributed by atoms with van der Waals surface area (Å²) in [5, 5.41) is 5.19.